The number of amides is 2. The molecule has 196 valence electrons. The van der Waals surface area contributed by atoms with Crippen LogP contribution in [-0.4, -0.2) is 41.9 Å². The number of carbonyl (C=O) groups is 2. The number of ether oxygens (including phenoxy) is 1. The molecule has 0 saturated carbocycles. The van der Waals surface area contributed by atoms with Crippen LogP contribution in [0.4, 0.5) is 0 Å². The van der Waals surface area contributed by atoms with Crippen LogP contribution in [0.25, 0.3) is 22.6 Å². The lowest BCUT2D eigenvalue weighted by molar-refractivity contribution is -0.126. The van der Waals surface area contributed by atoms with Crippen LogP contribution in [0.15, 0.2) is 71.1 Å². The van der Waals surface area contributed by atoms with E-state index >= 15 is 0 Å². The maximum atomic E-state index is 13.3. The fourth-order valence-corrected chi connectivity index (χ4v) is 4.97. The van der Waals surface area contributed by atoms with Gasteiger partial charge in [-0.2, -0.15) is 0 Å². The molecule has 4 aromatic rings. The van der Waals surface area contributed by atoms with E-state index < -0.39 is 0 Å². The number of nitrogens with zero attached hydrogens (tertiary/aromatic N) is 2. The van der Waals surface area contributed by atoms with Crippen LogP contribution in [0.1, 0.15) is 41.3 Å². The molecule has 0 bridgehead atoms. The van der Waals surface area contributed by atoms with Gasteiger partial charge in [0.1, 0.15) is 11.3 Å². The number of rotatable bonds is 7. The fraction of sp³-hybridized carbons (Fsp3) is 0.323. The van der Waals surface area contributed by atoms with E-state index in [-0.39, 0.29) is 23.7 Å². The van der Waals surface area contributed by atoms with Gasteiger partial charge in [-0.1, -0.05) is 36.8 Å². The highest BCUT2D eigenvalue weighted by molar-refractivity contribution is 5.97. The molecule has 1 aliphatic heterocycles. The lowest BCUT2D eigenvalue weighted by Gasteiger charge is -2.34. The number of aromatic nitrogens is 1. The van der Waals surface area contributed by atoms with E-state index in [2.05, 4.69) is 10.3 Å². The van der Waals surface area contributed by atoms with Crippen molar-refractivity contribution < 1.29 is 18.7 Å². The second-order valence-electron chi connectivity index (χ2n) is 10.1. The van der Waals surface area contributed by atoms with Crippen molar-refractivity contribution in [2.45, 2.75) is 33.2 Å². The van der Waals surface area contributed by atoms with E-state index in [9.17, 15) is 9.59 Å². The van der Waals surface area contributed by atoms with Crippen molar-refractivity contribution >= 4 is 22.9 Å². The first kappa shape index (κ1) is 25.5. The van der Waals surface area contributed by atoms with Crippen LogP contribution in [-0.2, 0) is 11.3 Å². The van der Waals surface area contributed by atoms with Gasteiger partial charge in [-0.15, -0.1) is 0 Å². The first-order valence-electron chi connectivity index (χ1n) is 13.1. The summed E-state index contributed by atoms with van der Waals surface area (Å²) in [6.45, 7) is 5.77. The van der Waals surface area contributed by atoms with Gasteiger partial charge in [-0.3, -0.25) is 9.59 Å². The molecule has 7 heteroatoms. The maximum absolute atomic E-state index is 13.3. The number of carbonyl (C=O) groups excluding carboxylic acids is 2. The van der Waals surface area contributed by atoms with Gasteiger partial charge in [0, 0.05) is 36.7 Å². The van der Waals surface area contributed by atoms with Crippen molar-refractivity contribution in [3.8, 4) is 17.2 Å². The highest BCUT2D eigenvalue weighted by atomic mass is 16.5. The quantitative estimate of drug-likeness (QED) is 0.348. The van der Waals surface area contributed by atoms with Gasteiger partial charge < -0.3 is 19.4 Å². The van der Waals surface area contributed by atoms with Gasteiger partial charge in [0.25, 0.3) is 5.91 Å². The van der Waals surface area contributed by atoms with Gasteiger partial charge in [0.05, 0.1) is 7.11 Å². The van der Waals surface area contributed by atoms with Gasteiger partial charge in [-0.25, -0.2) is 4.98 Å². The van der Waals surface area contributed by atoms with Crippen LogP contribution >= 0.6 is 0 Å². The van der Waals surface area contributed by atoms with Crippen molar-refractivity contribution in [3.63, 3.8) is 0 Å². The summed E-state index contributed by atoms with van der Waals surface area (Å²) in [6.07, 6.45) is 1.60. The van der Waals surface area contributed by atoms with Gasteiger partial charge in [0.2, 0.25) is 11.8 Å². The number of oxazole rings is 1. The molecular weight excluding hydrogens is 478 g/mol. The third-order valence-corrected chi connectivity index (χ3v) is 7.51. The van der Waals surface area contributed by atoms with E-state index in [4.69, 9.17) is 9.15 Å². The topological polar surface area (TPSA) is 84.7 Å². The normalized spacial score (nSPS) is 14.9. The second-order valence-corrected chi connectivity index (χ2v) is 10.1. The number of piperidine rings is 1. The Bertz CT molecular complexity index is 1420. The van der Waals surface area contributed by atoms with E-state index in [1.807, 2.05) is 73.3 Å². The summed E-state index contributed by atoms with van der Waals surface area (Å²) < 4.78 is 11.1. The molecule has 1 saturated heterocycles. The average Bonchev–Trinajstić information content (AvgIpc) is 3.39. The van der Waals surface area contributed by atoms with Crippen molar-refractivity contribution in [2.24, 2.45) is 11.8 Å². The summed E-state index contributed by atoms with van der Waals surface area (Å²) in [6, 6.07) is 21.1. The minimum atomic E-state index is -0.114. The number of nitrogens with one attached hydrogen (secondary N) is 1. The molecule has 1 N–H and O–H groups in total. The number of likely N-dealkylation sites (tertiary alicyclic amines) is 1. The zero-order chi connectivity index (χ0) is 26.6. The summed E-state index contributed by atoms with van der Waals surface area (Å²) in [7, 11) is 1.63. The lowest BCUT2D eigenvalue weighted by Crippen LogP contribution is -2.42. The third-order valence-electron chi connectivity index (χ3n) is 7.51. The van der Waals surface area contributed by atoms with E-state index in [1.54, 1.807) is 19.2 Å². The number of hydrogen-bond acceptors (Lipinski definition) is 5. The zero-order valence-corrected chi connectivity index (χ0v) is 22.1. The van der Waals surface area contributed by atoms with E-state index in [0.29, 0.717) is 42.2 Å². The second kappa shape index (κ2) is 11.1. The molecule has 1 atom stereocenters. The Balaban J connectivity index is 1.16. The Morgan fingerprint density at radius 3 is 2.45 bits per heavy atom. The molecule has 0 aliphatic carbocycles. The smallest absolute Gasteiger partial charge is 0.253 e. The molecule has 1 fully saturated rings. The van der Waals surface area contributed by atoms with E-state index in [0.717, 1.165) is 29.7 Å². The SMILES string of the molecule is COc1ccc(CNC(=O)[C@@H](C)C2CCN(C(=O)c3ccc4oc(-c5ccc(C)cc5)nc4c3)CC2)cc1. The molecule has 5 rings (SSSR count). The highest BCUT2D eigenvalue weighted by Gasteiger charge is 2.30. The monoisotopic (exact) mass is 511 g/mol. The minimum Gasteiger partial charge on any atom is -0.497 e. The Hall–Kier alpha value is -4.13. The number of methoxy groups -OCH3 is 1. The number of benzene rings is 3. The minimum absolute atomic E-state index is 0.0122. The Morgan fingerprint density at radius 1 is 1.05 bits per heavy atom. The van der Waals surface area contributed by atoms with Crippen LogP contribution in [0.5, 0.6) is 5.75 Å². The van der Waals surface area contributed by atoms with Crippen molar-refractivity contribution in [1.29, 1.82) is 0 Å². The van der Waals surface area contributed by atoms with Crippen molar-refractivity contribution in [1.82, 2.24) is 15.2 Å². The maximum Gasteiger partial charge on any atom is 0.253 e. The van der Waals surface area contributed by atoms with Crippen molar-refractivity contribution in [3.05, 3.63) is 83.4 Å². The molecule has 7 nitrogen and oxygen atoms in total. The van der Waals surface area contributed by atoms with Crippen molar-refractivity contribution in [2.75, 3.05) is 20.2 Å². The number of hydrogen-bond donors (Lipinski definition) is 1. The summed E-state index contributed by atoms with van der Waals surface area (Å²) >= 11 is 0. The number of aryl methyl sites for hydroxylation is 1. The Kier molecular flexibility index (Phi) is 7.45. The van der Waals surface area contributed by atoms with E-state index in [1.165, 1.54) is 5.56 Å². The summed E-state index contributed by atoms with van der Waals surface area (Å²) in [5.74, 6) is 1.50. The van der Waals surface area contributed by atoms with Gasteiger partial charge >= 0.3 is 0 Å². The number of fused-ring (bicyclic) bond motifs is 1. The molecule has 2 heterocycles. The molecule has 38 heavy (non-hydrogen) atoms. The Labute approximate surface area is 222 Å². The average molecular weight is 512 g/mol. The molecule has 1 aliphatic rings. The standard InChI is InChI=1S/C31H33N3O4/c1-20-4-8-24(9-5-20)30-33-27-18-25(10-13-28(27)38-30)31(36)34-16-14-23(15-17-34)21(2)29(35)32-19-22-6-11-26(37-3)12-7-22/h4-13,18,21,23H,14-17,19H2,1-3H3,(H,32,35)/t21-/m0/s1. The summed E-state index contributed by atoms with van der Waals surface area (Å²) in [5, 5.41) is 3.05. The van der Waals surface area contributed by atoms with Gasteiger partial charge in [0.15, 0.2) is 5.58 Å². The van der Waals surface area contributed by atoms with Crippen LogP contribution in [0.3, 0.4) is 0 Å². The summed E-state index contributed by atoms with van der Waals surface area (Å²) in [4.78, 5) is 32.5. The fourth-order valence-electron chi connectivity index (χ4n) is 4.97. The Morgan fingerprint density at radius 2 is 1.76 bits per heavy atom. The molecule has 0 unspecified atom stereocenters. The molecule has 0 radical (unpaired) electrons. The molecule has 0 spiro atoms. The van der Waals surface area contributed by atoms with Crippen LogP contribution in [0.2, 0.25) is 0 Å². The molecule has 3 aromatic carbocycles. The third kappa shape index (κ3) is 5.57. The summed E-state index contributed by atoms with van der Waals surface area (Å²) in [5.41, 5.74) is 5.04. The predicted molar refractivity (Wildman–Crippen MR) is 147 cm³/mol. The highest BCUT2D eigenvalue weighted by Crippen LogP contribution is 2.28. The van der Waals surface area contributed by atoms with Gasteiger partial charge in [-0.05, 0) is 73.7 Å². The first-order valence-corrected chi connectivity index (χ1v) is 13.1. The largest absolute Gasteiger partial charge is 0.497 e. The molecule has 1 aromatic heterocycles. The molecular formula is C31H33N3O4. The van der Waals surface area contributed by atoms with Crippen LogP contribution < -0.4 is 10.1 Å². The van der Waals surface area contributed by atoms with Crippen LogP contribution in [0, 0.1) is 18.8 Å². The molecule has 2 amide bonds. The lowest BCUT2D eigenvalue weighted by atomic mass is 9.84. The predicted octanol–water partition coefficient (Wildman–Crippen LogP) is 5.62. The first-order chi connectivity index (χ1) is 18.4. The zero-order valence-electron chi connectivity index (χ0n) is 22.1.